The zero-order chi connectivity index (χ0) is 27.6. The first-order valence-corrected chi connectivity index (χ1v) is 13.4. The monoisotopic (exact) mass is 570 g/mol. The lowest BCUT2D eigenvalue weighted by molar-refractivity contribution is 0.413. The average molecular weight is 571 g/mol. The minimum atomic E-state index is -0.465. The van der Waals surface area contributed by atoms with E-state index in [1.54, 1.807) is 25.4 Å². The second kappa shape index (κ2) is 11.0. The van der Waals surface area contributed by atoms with E-state index < -0.39 is 5.82 Å². The maximum atomic E-state index is 14.0. The van der Waals surface area contributed by atoms with Crippen molar-refractivity contribution >= 4 is 34.6 Å². The van der Waals surface area contributed by atoms with Gasteiger partial charge in [0, 0.05) is 29.5 Å². The summed E-state index contributed by atoms with van der Waals surface area (Å²) in [6.07, 6.45) is 3.70. The fraction of sp³-hybridized carbons (Fsp3) is 0.0968. The number of methoxy groups -OCH3 is 1. The average Bonchev–Trinajstić information content (AvgIpc) is 3.60. The zero-order valence-corrected chi connectivity index (χ0v) is 22.9. The molecule has 0 aliphatic carbocycles. The largest absolute Gasteiger partial charge is 0.497 e. The second-order valence-corrected chi connectivity index (χ2v) is 9.96. The smallest absolute Gasteiger partial charge is 0.174 e. The van der Waals surface area contributed by atoms with Crippen LogP contribution >= 0.6 is 23.8 Å². The van der Waals surface area contributed by atoms with Crippen LogP contribution < -0.4 is 19.7 Å². The molecule has 0 saturated carbocycles. The van der Waals surface area contributed by atoms with Gasteiger partial charge in [-0.05, 0) is 103 Å². The van der Waals surface area contributed by atoms with Gasteiger partial charge in [0.25, 0.3) is 0 Å². The van der Waals surface area contributed by atoms with Gasteiger partial charge in [0.2, 0.25) is 0 Å². The summed E-state index contributed by atoms with van der Waals surface area (Å²) < 4.78 is 27.2. The Morgan fingerprint density at radius 2 is 1.57 bits per heavy atom. The summed E-state index contributed by atoms with van der Waals surface area (Å²) in [7, 11) is 1.63. The highest BCUT2D eigenvalue weighted by atomic mass is 35.5. The van der Waals surface area contributed by atoms with Crippen molar-refractivity contribution in [1.29, 1.82) is 0 Å². The molecular weight excluding hydrogens is 547 g/mol. The highest BCUT2D eigenvalue weighted by Gasteiger charge is 2.42. The van der Waals surface area contributed by atoms with E-state index in [0.29, 0.717) is 16.6 Å². The Hall–Kier alpha value is -4.40. The summed E-state index contributed by atoms with van der Waals surface area (Å²) in [6.45, 7) is 0. The van der Waals surface area contributed by atoms with E-state index in [9.17, 15) is 4.39 Å². The van der Waals surface area contributed by atoms with Crippen LogP contribution in [0.5, 0.6) is 17.2 Å². The molecule has 5 aromatic rings. The quantitative estimate of drug-likeness (QED) is 0.203. The van der Waals surface area contributed by atoms with E-state index in [4.69, 9.17) is 33.3 Å². The Bertz CT molecular complexity index is 1640. The number of pyridine rings is 1. The molecular formula is C31H24ClFN4O2S. The molecule has 2 atom stereocenters. The van der Waals surface area contributed by atoms with Crippen molar-refractivity contribution in [1.82, 2.24) is 14.9 Å². The Kier molecular flexibility index (Phi) is 7.11. The van der Waals surface area contributed by atoms with Gasteiger partial charge in [0.1, 0.15) is 29.1 Å². The number of nitrogens with zero attached hydrogens (tertiary/aromatic N) is 3. The molecule has 3 aromatic carbocycles. The lowest BCUT2D eigenvalue weighted by Gasteiger charge is -2.29. The molecule has 2 aromatic heterocycles. The SMILES string of the molecule is COc1ccc(Oc2ccc(N3C(=S)N[C@@H](c4ccccn4)[C@H]3c3cccn3-c3ccc(F)c(Cl)c3)cc2)cc1. The van der Waals surface area contributed by atoms with Crippen LogP contribution in [0.1, 0.15) is 23.5 Å². The molecule has 6 rings (SSSR count). The first-order chi connectivity index (χ1) is 19.5. The van der Waals surface area contributed by atoms with Crippen molar-refractivity contribution in [3.8, 4) is 22.9 Å². The Morgan fingerprint density at radius 1 is 0.875 bits per heavy atom. The van der Waals surface area contributed by atoms with Gasteiger partial charge in [0.15, 0.2) is 5.11 Å². The lowest BCUT2D eigenvalue weighted by atomic mass is 10.0. The number of nitrogens with one attached hydrogen (secondary N) is 1. The van der Waals surface area contributed by atoms with E-state index in [1.165, 1.54) is 6.07 Å². The maximum absolute atomic E-state index is 14.0. The van der Waals surface area contributed by atoms with Gasteiger partial charge in [0.05, 0.1) is 23.9 Å². The van der Waals surface area contributed by atoms with Gasteiger partial charge >= 0.3 is 0 Å². The molecule has 0 unspecified atom stereocenters. The molecule has 0 radical (unpaired) electrons. The molecule has 1 saturated heterocycles. The van der Waals surface area contributed by atoms with Gasteiger partial charge in [-0.3, -0.25) is 4.98 Å². The van der Waals surface area contributed by atoms with Crippen LogP contribution in [0.25, 0.3) is 5.69 Å². The molecule has 1 fully saturated rings. The molecule has 9 heteroatoms. The summed E-state index contributed by atoms with van der Waals surface area (Å²) in [5.74, 6) is 1.69. The lowest BCUT2D eigenvalue weighted by Crippen LogP contribution is -2.30. The molecule has 1 N–H and O–H groups in total. The van der Waals surface area contributed by atoms with E-state index in [2.05, 4.69) is 15.2 Å². The summed E-state index contributed by atoms with van der Waals surface area (Å²) in [6, 6.07) is 29.2. The third kappa shape index (κ3) is 4.99. The minimum Gasteiger partial charge on any atom is -0.497 e. The molecule has 0 amide bonds. The predicted octanol–water partition coefficient (Wildman–Crippen LogP) is 7.64. The van der Waals surface area contributed by atoms with E-state index in [0.717, 1.165) is 28.5 Å². The Labute approximate surface area is 241 Å². The van der Waals surface area contributed by atoms with Crippen LogP contribution in [0.15, 0.2) is 109 Å². The fourth-order valence-corrected chi connectivity index (χ4v) is 5.41. The zero-order valence-electron chi connectivity index (χ0n) is 21.4. The van der Waals surface area contributed by atoms with Crippen molar-refractivity contribution < 1.29 is 13.9 Å². The molecule has 0 spiro atoms. The number of anilines is 1. The van der Waals surface area contributed by atoms with Crippen LogP contribution in [0.2, 0.25) is 5.02 Å². The van der Waals surface area contributed by atoms with Crippen LogP contribution in [0.4, 0.5) is 10.1 Å². The number of thiocarbonyl (C=S) groups is 1. The second-order valence-electron chi connectivity index (χ2n) is 9.17. The molecule has 1 aliphatic rings. The van der Waals surface area contributed by atoms with Crippen molar-refractivity contribution in [2.45, 2.75) is 12.1 Å². The van der Waals surface area contributed by atoms with Crippen molar-refractivity contribution in [2.75, 3.05) is 12.0 Å². The third-order valence-corrected chi connectivity index (χ3v) is 7.38. The molecule has 0 bridgehead atoms. The Morgan fingerprint density at radius 3 is 2.25 bits per heavy atom. The fourth-order valence-electron chi connectivity index (χ4n) is 4.89. The first-order valence-electron chi connectivity index (χ1n) is 12.6. The molecule has 40 heavy (non-hydrogen) atoms. The molecule has 6 nitrogen and oxygen atoms in total. The van der Waals surface area contributed by atoms with Crippen LogP contribution in [0, 0.1) is 5.82 Å². The van der Waals surface area contributed by atoms with Gasteiger partial charge in [-0.25, -0.2) is 4.39 Å². The van der Waals surface area contributed by atoms with E-state index >= 15 is 0 Å². The van der Waals surface area contributed by atoms with Gasteiger partial charge in [-0.2, -0.15) is 0 Å². The van der Waals surface area contributed by atoms with Crippen LogP contribution in [-0.2, 0) is 0 Å². The van der Waals surface area contributed by atoms with Crippen molar-refractivity contribution in [3.63, 3.8) is 0 Å². The van der Waals surface area contributed by atoms with E-state index in [-0.39, 0.29) is 17.1 Å². The van der Waals surface area contributed by atoms with Gasteiger partial charge in [-0.1, -0.05) is 17.7 Å². The number of benzene rings is 3. The number of hydrogen-bond acceptors (Lipinski definition) is 4. The number of aromatic nitrogens is 2. The van der Waals surface area contributed by atoms with Gasteiger partial charge < -0.3 is 24.3 Å². The highest BCUT2D eigenvalue weighted by molar-refractivity contribution is 7.80. The van der Waals surface area contributed by atoms with Crippen molar-refractivity contribution in [2.24, 2.45) is 0 Å². The predicted molar refractivity (Wildman–Crippen MR) is 158 cm³/mol. The minimum absolute atomic E-state index is 0.0581. The number of rotatable bonds is 7. The standard InChI is InChI=1S/C31H24ClFN4O2S/c1-38-22-12-14-24(15-13-22)39-23-10-7-20(8-11-23)37-30(29(35-31(37)40)27-5-2-3-17-34-27)28-6-4-18-36(28)21-9-16-26(33)25(32)19-21/h2-19,29-30H,1H3,(H,35,40)/t29-,30+/m0/s1. The van der Waals surface area contributed by atoms with Gasteiger partial charge in [-0.15, -0.1) is 0 Å². The normalized spacial score (nSPS) is 16.6. The number of hydrogen-bond donors (Lipinski definition) is 1. The molecule has 3 heterocycles. The Balaban J connectivity index is 1.37. The highest BCUT2D eigenvalue weighted by Crippen LogP contribution is 2.43. The topological polar surface area (TPSA) is 51.6 Å². The summed E-state index contributed by atoms with van der Waals surface area (Å²) in [5, 5.41) is 4.10. The molecule has 1 aliphatic heterocycles. The van der Waals surface area contributed by atoms with Crippen molar-refractivity contribution in [3.05, 3.63) is 132 Å². The summed E-state index contributed by atoms with van der Waals surface area (Å²) >= 11 is 12.0. The van der Waals surface area contributed by atoms with E-state index in [1.807, 2.05) is 89.6 Å². The van der Waals surface area contributed by atoms with Crippen LogP contribution in [0.3, 0.4) is 0 Å². The third-order valence-electron chi connectivity index (χ3n) is 6.77. The first kappa shape index (κ1) is 25.9. The number of halogens is 2. The summed E-state index contributed by atoms with van der Waals surface area (Å²) in [5.41, 5.74) is 3.41. The summed E-state index contributed by atoms with van der Waals surface area (Å²) in [4.78, 5) is 6.70. The molecule has 200 valence electrons. The maximum Gasteiger partial charge on any atom is 0.174 e. The number of ether oxygens (including phenoxy) is 2. The van der Waals surface area contributed by atoms with Crippen LogP contribution in [-0.4, -0.2) is 21.8 Å².